The molecule has 0 aliphatic heterocycles. The summed E-state index contributed by atoms with van der Waals surface area (Å²) in [6.45, 7) is 6.30. The highest BCUT2D eigenvalue weighted by molar-refractivity contribution is 6.21. The van der Waals surface area contributed by atoms with E-state index in [-0.39, 0.29) is 10.8 Å². The van der Waals surface area contributed by atoms with Gasteiger partial charge in [0.2, 0.25) is 0 Å². The molecule has 1 atom stereocenters. The maximum Gasteiger partial charge on any atom is 0.314 e. The van der Waals surface area contributed by atoms with Crippen molar-refractivity contribution in [2.75, 3.05) is 0 Å². The van der Waals surface area contributed by atoms with E-state index in [0.29, 0.717) is 11.0 Å². The van der Waals surface area contributed by atoms with Gasteiger partial charge in [0.1, 0.15) is 0 Å². The number of halogens is 1. The maximum absolute atomic E-state index is 11.3. The van der Waals surface area contributed by atoms with Crippen molar-refractivity contribution < 1.29 is 0 Å². The molecule has 2 aromatic rings. The summed E-state index contributed by atoms with van der Waals surface area (Å²) in [7, 11) is 0. The molecular formula is C14H17ClN2O2. The SMILES string of the molecule is CCC(C)(C)C(Cl)c1ccc2[nH]c(=O)c(=O)[nH]c2c1. The molecule has 0 saturated carbocycles. The van der Waals surface area contributed by atoms with Gasteiger partial charge in [0, 0.05) is 0 Å². The number of nitrogens with one attached hydrogen (secondary N) is 2. The van der Waals surface area contributed by atoms with Crippen LogP contribution >= 0.6 is 11.6 Å². The van der Waals surface area contributed by atoms with Crippen molar-refractivity contribution in [2.24, 2.45) is 5.41 Å². The van der Waals surface area contributed by atoms with E-state index in [1.807, 2.05) is 12.1 Å². The third-order valence-electron chi connectivity index (χ3n) is 3.64. The lowest BCUT2D eigenvalue weighted by atomic mass is 9.83. The summed E-state index contributed by atoms with van der Waals surface area (Å²) >= 11 is 6.51. The van der Waals surface area contributed by atoms with Gasteiger partial charge in [-0.3, -0.25) is 9.59 Å². The van der Waals surface area contributed by atoms with Crippen molar-refractivity contribution in [2.45, 2.75) is 32.6 Å². The zero-order valence-corrected chi connectivity index (χ0v) is 12.0. The van der Waals surface area contributed by atoms with Gasteiger partial charge in [-0.25, -0.2) is 0 Å². The average Bonchev–Trinajstić information content (AvgIpc) is 2.38. The highest BCUT2D eigenvalue weighted by Crippen LogP contribution is 2.41. The standard InChI is InChI=1S/C14H17ClN2O2/c1-4-14(2,3)11(15)8-5-6-9-10(7-8)17-13(19)12(18)16-9/h5-7,11H,4H2,1-3H3,(H,16,18)(H,17,19). The molecule has 2 rings (SSSR count). The van der Waals surface area contributed by atoms with Crippen LogP contribution < -0.4 is 11.1 Å². The second-order valence-electron chi connectivity index (χ2n) is 5.42. The van der Waals surface area contributed by atoms with Crippen molar-refractivity contribution in [1.82, 2.24) is 9.97 Å². The minimum Gasteiger partial charge on any atom is -0.316 e. The van der Waals surface area contributed by atoms with Crippen LogP contribution in [0.25, 0.3) is 11.0 Å². The third-order valence-corrected chi connectivity index (χ3v) is 4.48. The summed E-state index contributed by atoms with van der Waals surface area (Å²) in [6, 6.07) is 5.47. The fraction of sp³-hybridized carbons (Fsp3) is 0.429. The van der Waals surface area contributed by atoms with E-state index < -0.39 is 11.1 Å². The number of benzene rings is 1. The molecule has 1 unspecified atom stereocenters. The molecule has 0 aliphatic rings. The van der Waals surface area contributed by atoms with E-state index in [4.69, 9.17) is 11.6 Å². The highest BCUT2D eigenvalue weighted by Gasteiger charge is 2.27. The van der Waals surface area contributed by atoms with Crippen LogP contribution in [0.15, 0.2) is 27.8 Å². The van der Waals surface area contributed by atoms with Crippen molar-refractivity contribution in [1.29, 1.82) is 0 Å². The molecule has 0 bridgehead atoms. The second-order valence-corrected chi connectivity index (χ2v) is 5.85. The third kappa shape index (κ3) is 2.59. The van der Waals surface area contributed by atoms with Crippen molar-refractivity contribution in [3.05, 3.63) is 44.5 Å². The molecule has 2 N–H and O–H groups in total. The van der Waals surface area contributed by atoms with Crippen LogP contribution in [-0.4, -0.2) is 9.97 Å². The Bertz CT molecular complexity index is 715. The number of alkyl halides is 1. The predicted octanol–water partition coefficient (Wildman–Crippen LogP) is 2.93. The Labute approximate surface area is 115 Å². The van der Waals surface area contributed by atoms with E-state index in [1.165, 1.54) is 0 Å². The normalized spacial score (nSPS) is 13.7. The first-order valence-corrected chi connectivity index (χ1v) is 6.69. The van der Waals surface area contributed by atoms with Crippen LogP contribution in [0.4, 0.5) is 0 Å². The summed E-state index contributed by atoms with van der Waals surface area (Å²) in [4.78, 5) is 27.7. The lowest BCUT2D eigenvalue weighted by molar-refractivity contribution is 0.336. The van der Waals surface area contributed by atoms with E-state index in [1.54, 1.807) is 6.07 Å². The Balaban J connectivity index is 2.56. The smallest absolute Gasteiger partial charge is 0.314 e. The van der Waals surface area contributed by atoms with Crippen LogP contribution in [0, 0.1) is 5.41 Å². The monoisotopic (exact) mass is 280 g/mol. The molecule has 0 saturated heterocycles. The number of fused-ring (bicyclic) bond motifs is 1. The van der Waals surface area contributed by atoms with Gasteiger partial charge in [-0.15, -0.1) is 11.6 Å². The lowest BCUT2D eigenvalue weighted by Gasteiger charge is -2.29. The quantitative estimate of drug-likeness (QED) is 0.670. The molecule has 4 nitrogen and oxygen atoms in total. The Hall–Kier alpha value is -1.55. The maximum atomic E-state index is 11.3. The topological polar surface area (TPSA) is 65.7 Å². The number of aromatic nitrogens is 2. The zero-order chi connectivity index (χ0) is 14.2. The van der Waals surface area contributed by atoms with Crippen LogP contribution in [0.3, 0.4) is 0 Å². The fourth-order valence-corrected chi connectivity index (χ4v) is 2.21. The zero-order valence-electron chi connectivity index (χ0n) is 11.2. The van der Waals surface area contributed by atoms with E-state index in [0.717, 1.165) is 12.0 Å². The molecule has 0 fully saturated rings. The Morgan fingerprint density at radius 2 is 1.74 bits per heavy atom. The van der Waals surface area contributed by atoms with Gasteiger partial charge >= 0.3 is 11.1 Å². The molecule has 1 aromatic carbocycles. The Kier molecular flexibility index (Phi) is 3.54. The van der Waals surface area contributed by atoms with Gasteiger partial charge in [0.25, 0.3) is 0 Å². The molecule has 19 heavy (non-hydrogen) atoms. The van der Waals surface area contributed by atoms with Gasteiger partial charge < -0.3 is 9.97 Å². The number of aromatic amines is 2. The molecular weight excluding hydrogens is 264 g/mol. The average molecular weight is 281 g/mol. The Morgan fingerprint density at radius 1 is 1.16 bits per heavy atom. The minimum absolute atomic E-state index is 0.0439. The van der Waals surface area contributed by atoms with Crippen molar-refractivity contribution in [3.8, 4) is 0 Å². The van der Waals surface area contributed by atoms with Gasteiger partial charge in [-0.05, 0) is 29.5 Å². The number of rotatable bonds is 3. The molecule has 0 radical (unpaired) electrons. The fourth-order valence-electron chi connectivity index (χ4n) is 1.92. The number of hydrogen-bond donors (Lipinski definition) is 2. The molecule has 102 valence electrons. The molecule has 1 aromatic heterocycles. The van der Waals surface area contributed by atoms with Gasteiger partial charge in [-0.1, -0.05) is 26.8 Å². The minimum atomic E-state index is -0.648. The van der Waals surface area contributed by atoms with Crippen molar-refractivity contribution >= 4 is 22.6 Å². The van der Waals surface area contributed by atoms with Gasteiger partial charge in [-0.2, -0.15) is 0 Å². The van der Waals surface area contributed by atoms with Crippen molar-refractivity contribution in [3.63, 3.8) is 0 Å². The van der Waals surface area contributed by atoms with Crippen LogP contribution in [0.1, 0.15) is 38.1 Å². The van der Waals surface area contributed by atoms with Gasteiger partial charge in [0.15, 0.2) is 0 Å². The summed E-state index contributed by atoms with van der Waals surface area (Å²) in [5.74, 6) is 0. The number of H-pyrrole nitrogens is 2. The molecule has 0 spiro atoms. The Morgan fingerprint density at radius 3 is 2.32 bits per heavy atom. The van der Waals surface area contributed by atoms with Crippen LogP contribution in [0.2, 0.25) is 0 Å². The molecule has 0 amide bonds. The van der Waals surface area contributed by atoms with E-state index in [2.05, 4.69) is 30.7 Å². The summed E-state index contributed by atoms with van der Waals surface area (Å²) in [5, 5.41) is -0.155. The molecule has 5 heteroatoms. The van der Waals surface area contributed by atoms with Crippen LogP contribution in [0.5, 0.6) is 0 Å². The molecule has 0 aliphatic carbocycles. The first-order chi connectivity index (χ1) is 8.85. The first-order valence-electron chi connectivity index (χ1n) is 6.25. The van der Waals surface area contributed by atoms with Gasteiger partial charge in [0.05, 0.1) is 16.4 Å². The van der Waals surface area contributed by atoms with Crippen LogP contribution in [-0.2, 0) is 0 Å². The summed E-state index contributed by atoms with van der Waals surface area (Å²) in [6.07, 6.45) is 0.946. The second kappa shape index (κ2) is 4.85. The summed E-state index contributed by atoms with van der Waals surface area (Å²) in [5.41, 5.74) is 0.800. The van der Waals surface area contributed by atoms with E-state index >= 15 is 0 Å². The first kappa shape index (κ1) is 13.9. The highest BCUT2D eigenvalue weighted by atomic mass is 35.5. The predicted molar refractivity (Wildman–Crippen MR) is 77.9 cm³/mol. The molecule has 1 heterocycles. The summed E-state index contributed by atoms with van der Waals surface area (Å²) < 4.78 is 0. The lowest BCUT2D eigenvalue weighted by Crippen LogP contribution is -2.29. The largest absolute Gasteiger partial charge is 0.316 e. The number of hydrogen-bond acceptors (Lipinski definition) is 2. The van der Waals surface area contributed by atoms with E-state index in [9.17, 15) is 9.59 Å².